The van der Waals surface area contributed by atoms with Crippen LogP contribution in [0.15, 0.2) is 53.7 Å². The number of carbonyl (C=O) groups excluding carboxylic acids is 1. The molecule has 2 rings (SSSR count). The van der Waals surface area contributed by atoms with Crippen molar-refractivity contribution in [1.29, 1.82) is 0 Å². The van der Waals surface area contributed by atoms with Gasteiger partial charge in [0.05, 0.1) is 6.33 Å². The molecule has 0 aliphatic rings. The van der Waals surface area contributed by atoms with E-state index in [0.29, 0.717) is 19.4 Å². The first-order valence-electron chi connectivity index (χ1n) is 5.86. The molecule has 4 nitrogen and oxygen atoms in total. The summed E-state index contributed by atoms with van der Waals surface area (Å²) in [6.45, 7) is 0.519. The highest BCUT2D eigenvalue weighted by molar-refractivity contribution is 5.95. The van der Waals surface area contributed by atoms with Crippen LogP contribution in [0.1, 0.15) is 23.2 Å². The van der Waals surface area contributed by atoms with Crippen molar-refractivity contribution in [2.24, 2.45) is 0 Å². The number of rotatable bonds is 5. The van der Waals surface area contributed by atoms with E-state index in [1.807, 2.05) is 18.2 Å². The van der Waals surface area contributed by atoms with E-state index in [2.05, 4.69) is 4.98 Å². The molecule has 0 atom stereocenters. The molecule has 1 aromatic heterocycles. The Morgan fingerprint density at radius 2 is 1.94 bits per heavy atom. The van der Waals surface area contributed by atoms with Crippen molar-refractivity contribution in [1.82, 2.24) is 9.55 Å². The van der Waals surface area contributed by atoms with Crippen LogP contribution in [-0.4, -0.2) is 15.3 Å². The number of benzene rings is 1. The summed E-state index contributed by atoms with van der Waals surface area (Å²) in [6, 6.07) is 10.6. The van der Waals surface area contributed by atoms with Gasteiger partial charge >= 0.3 is 0 Å². The van der Waals surface area contributed by atoms with E-state index in [4.69, 9.17) is 0 Å². The topological polar surface area (TPSA) is 52.0 Å². The van der Waals surface area contributed by atoms with E-state index in [1.165, 1.54) is 23.2 Å². The van der Waals surface area contributed by atoms with Gasteiger partial charge in [0.2, 0.25) is 0 Å². The first-order valence-corrected chi connectivity index (χ1v) is 5.86. The molecule has 0 bridgehead atoms. The molecule has 4 heteroatoms. The third kappa shape index (κ3) is 3.13. The first kappa shape index (κ1) is 12.2. The Kier molecular flexibility index (Phi) is 4.02. The van der Waals surface area contributed by atoms with Gasteiger partial charge in [0, 0.05) is 30.8 Å². The fraction of sp³-hybridized carbons (Fsp3) is 0.214. The second-order valence-electron chi connectivity index (χ2n) is 4.00. The van der Waals surface area contributed by atoms with Crippen LogP contribution in [0, 0.1) is 0 Å². The van der Waals surface area contributed by atoms with Crippen molar-refractivity contribution in [3.8, 4) is 0 Å². The van der Waals surface area contributed by atoms with Crippen LogP contribution in [0.4, 0.5) is 0 Å². The summed E-state index contributed by atoms with van der Waals surface area (Å²) in [5, 5.41) is 0. The molecule has 0 aliphatic carbocycles. The zero-order valence-corrected chi connectivity index (χ0v) is 9.95. The molecule has 0 amide bonds. The predicted octanol–water partition coefficient (Wildman–Crippen LogP) is 1.91. The number of carbonyl (C=O) groups is 1. The average molecular weight is 242 g/mol. The Hall–Kier alpha value is -2.23. The molecule has 0 fully saturated rings. The van der Waals surface area contributed by atoms with Gasteiger partial charge < -0.3 is 0 Å². The summed E-state index contributed by atoms with van der Waals surface area (Å²) in [7, 11) is 0. The van der Waals surface area contributed by atoms with Crippen LogP contribution in [0.3, 0.4) is 0 Å². The van der Waals surface area contributed by atoms with E-state index in [1.54, 1.807) is 12.1 Å². The van der Waals surface area contributed by atoms with E-state index in [-0.39, 0.29) is 11.3 Å². The molecule has 0 aliphatic heterocycles. The van der Waals surface area contributed by atoms with E-state index in [9.17, 15) is 9.59 Å². The lowest BCUT2D eigenvalue weighted by atomic mass is 10.1. The van der Waals surface area contributed by atoms with Crippen molar-refractivity contribution in [3.05, 3.63) is 64.8 Å². The minimum absolute atomic E-state index is 0.0860. The normalized spacial score (nSPS) is 10.2. The number of nitrogens with zero attached hydrogens (tertiary/aromatic N) is 2. The van der Waals surface area contributed by atoms with Crippen LogP contribution in [-0.2, 0) is 6.54 Å². The van der Waals surface area contributed by atoms with Gasteiger partial charge in [0.15, 0.2) is 5.78 Å². The highest BCUT2D eigenvalue weighted by Crippen LogP contribution is 2.05. The largest absolute Gasteiger partial charge is 0.299 e. The summed E-state index contributed by atoms with van der Waals surface area (Å²) < 4.78 is 1.51. The molecule has 0 unspecified atom stereocenters. The van der Waals surface area contributed by atoms with Crippen LogP contribution >= 0.6 is 0 Å². The Morgan fingerprint density at radius 1 is 1.17 bits per heavy atom. The number of hydrogen-bond acceptors (Lipinski definition) is 3. The lowest BCUT2D eigenvalue weighted by molar-refractivity contribution is 0.0978. The molecule has 1 heterocycles. The molecule has 18 heavy (non-hydrogen) atoms. The second-order valence-corrected chi connectivity index (χ2v) is 4.00. The molecule has 0 radical (unpaired) electrons. The summed E-state index contributed by atoms with van der Waals surface area (Å²) in [6.07, 6.45) is 4.04. The van der Waals surface area contributed by atoms with Gasteiger partial charge in [-0.25, -0.2) is 4.98 Å². The average Bonchev–Trinajstić information content (AvgIpc) is 2.42. The van der Waals surface area contributed by atoms with Crippen molar-refractivity contribution in [2.45, 2.75) is 19.4 Å². The van der Waals surface area contributed by atoms with Gasteiger partial charge in [0.1, 0.15) is 0 Å². The minimum Gasteiger partial charge on any atom is -0.299 e. The van der Waals surface area contributed by atoms with Crippen LogP contribution in [0.2, 0.25) is 0 Å². The maximum Gasteiger partial charge on any atom is 0.253 e. The van der Waals surface area contributed by atoms with Gasteiger partial charge in [-0.1, -0.05) is 30.3 Å². The van der Waals surface area contributed by atoms with Crippen molar-refractivity contribution < 1.29 is 4.79 Å². The number of Topliss-reactive ketones (excluding diaryl/α,β-unsaturated/α-hetero) is 1. The molecule has 0 spiro atoms. The monoisotopic (exact) mass is 242 g/mol. The van der Waals surface area contributed by atoms with E-state index in [0.717, 1.165) is 5.56 Å². The number of aromatic nitrogens is 2. The highest BCUT2D eigenvalue weighted by atomic mass is 16.1. The van der Waals surface area contributed by atoms with Crippen molar-refractivity contribution in [3.63, 3.8) is 0 Å². The molecule has 0 N–H and O–H groups in total. The SMILES string of the molecule is O=C(CCCn1cnccc1=O)c1ccccc1. The standard InChI is InChI=1S/C14H14N2O2/c17-13(12-5-2-1-3-6-12)7-4-10-16-11-15-9-8-14(16)18/h1-3,5-6,8-9,11H,4,7,10H2. The lowest BCUT2D eigenvalue weighted by Crippen LogP contribution is -2.19. The van der Waals surface area contributed by atoms with E-state index < -0.39 is 0 Å². The number of hydrogen-bond donors (Lipinski definition) is 0. The van der Waals surface area contributed by atoms with Crippen LogP contribution in [0.25, 0.3) is 0 Å². The Morgan fingerprint density at radius 3 is 2.67 bits per heavy atom. The molecule has 2 aromatic rings. The summed E-state index contributed by atoms with van der Waals surface area (Å²) in [5.41, 5.74) is 0.633. The zero-order valence-electron chi connectivity index (χ0n) is 9.95. The lowest BCUT2D eigenvalue weighted by Gasteiger charge is -2.03. The molecular formula is C14H14N2O2. The van der Waals surface area contributed by atoms with Crippen LogP contribution < -0.4 is 5.56 Å². The van der Waals surface area contributed by atoms with Crippen LogP contribution in [0.5, 0.6) is 0 Å². The maximum atomic E-state index is 11.8. The highest BCUT2D eigenvalue weighted by Gasteiger charge is 2.04. The minimum atomic E-state index is -0.0860. The second kappa shape index (κ2) is 5.91. The van der Waals surface area contributed by atoms with E-state index >= 15 is 0 Å². The maximum absolute atomic E-state index is 11.8. The van der Waals surface area contributed by atoms with Crippen molar-refractivity contribution >= 4 is 5.78 Å². The summed E-state index contributed by atoms with van der Waals surface area (Å²) >= 11 is 0. The zero-order chi connectivity index (χ0) is 12.8. The first-order chi connectivity index (χ1) is 8.77. The smallest absolute Gasteiger partial charge is 0.253 e. The Bertz CT molecular complexity index is 576. The van der Waals surface area contributed by atoms with Gasteiger partial charge in [-0.2, -0.15) is 0 Å². The summed E-state index contributed by atoms with van der Waals surface area (Å²) in [5.74, 6) is 0.104. The predicted molar refractivity (Wildman–Crippen MR) is 68.5 cm³/mol. The fourth-order valence-corrected chi connectivity index (χ4v) is 1.72. The van der Waals surface area contributed by atoms with Crippen molar-refractivity contribution in [2.75, 3.05) is 0 Å². The molecule has 1 aromatic carbocycles. The number of aryl methyl sites for hydroxylation is 1. The molecule has 92 valence electrons. The summed E-state index contributed by atoms with van der Waals surface area (Å²) in [4.78, 5) is 27.1. The van der Waals surface area contributed by atoms with Gasteiger partial charge in [0.25, 0.3) is 5.56 Å². The molecule has 0 saturated carbocycles. The third-order valence-corrected chi connectivity index (χ3v) is 2.69. The Balaban J connectivity index is 1.88. The van der Waals surface area contributed by atoms with Gasteiger partial charge in [-0.3, -0.25) is 14.2 Å². The Labute approximate surface area is 105 Å². The number of ketones is 1. The van der Waals surface area contributed by atoms with Gasteiger partial charge in [-0.15, -0.1) is 0 Å². The molecule has 0 saturated heterocycles. The van der Waals surface area contributed by atoms with Gasteiger partial charge in [-0.05, 0) is 6.42 Å². The quantitative estimate of drug-likeness (QED) is 0.752. The molecular weight excluding hydrogens is 228 g/mol. The fourth-order valence-electron chi connectivity index (χ4n) is 1.72. The third-order valence-electron chi connectivity index (χ3n) is 2.69.